The van der Waals surface area contributed by atoms with E-state index in [4.69, 9.17) is 28.8 Å². The first-order valence-electron chi connectivity index (χ1n) is 14.2. The molecule has 2 aliphatic heterocycles. The fourth-order valence-electron chi connectivity index (χ4n) is 6.80. The molecule has 2 aliphatic rings. The van der Waals surface area contributed by atoms with Gasteiger partial charge in [0.2, 0.25) is 0 Å². The van der Waals surface area contributed by atoms with Crippen LogP contribution < -0.4 is 15.1 Å². The largest absolute Gasteiger partial charge is 0.370 e. The van der Waals surface area contributed by atoms with Crippen molar-refractivity contribution < 1.29 is 0 Å². The number of thiocarbonyl (C=S) groups is 1. The Hall–Kier alpha value is -2.87. The molecule has 4 aromatic rings. The molecule has 2 aromatic heterocycles. The molecule has 5 nitrogen and oxygen atoms in total. The van der Waals surface area contributed by atoms with Crippen LogP contribution in [0.1, 0.15) is 55.0 Å². The molecule has 212 valence electrons. The Morgan fingerprint density at radius 2 is 1.68 bits per heavy atom. The van der Waals surface area contributed by atoms with E-state index in [9.17, 15) is 0 Å². The summed E-state index contributed by atoms with van der Waals surface area (Å²) < 4.78 is 3.36. The van der Waals surface area contributed by atoms with E-state index in [0.717, 1.165) is 56.7 Å². The van der Waals surface area contributed by atoms with E-state index in [2.05, 4.69) is 112 Å². The lowest BCUT2D eigenvalue weighted by atomic mass is 9.91. The van der Waals surface area contributed by atoms with Crippen molar-refractivity contribution in [1.82, 2.24) is 14.9 Å². The molecule has 0 saturated carbocycles. The normalized spacial score (nSPS) is 22.7. The number of hydrogen-bond donors (Lipinski definition) is 1. The van der Waals surface area contributed by atoms with Gasteiger partial charge in [-0.3, -0.25) is 4.98 Å². The number of pyridine rings is 1. The second-order valence-corrected chi connectivity index (χ2v) is 13.2. The number of hydrogen-bond acceptors (Lipinski definition) is 3. The predicted octanol–water partition coefficient (Wildman–Crippen LogP) is 8.56. The lowest BCUT2D eigenvalue weighted by Gasteiger charge is -2.37. The van der Waals surface area contributed by atoms with Crippen molar-refractivity contribution in [2.24, 2.45) is 11.8 Å². The molecule has 2 saturated heterocycles. The van der Waals surface area contributed by atoms with Crippen molar-refractivity contribution in [3.63, 3.8) is 0 Å². The molecule has 8 heteroatoms. The molecular weight excluding hydrogens is 614 g/mol. The lowest BCUT2D eigenvalue weighted by Crippen LogP contribution is -2.38. The summed E-state index contributed by atoms with van der Waals surface area (Å²) in [5.41, 5.74) is 7.65. The Labute approximate surface area is 261 Å². The first kappa shape index (κ1) is 28.3. The van der Waals surface area contributed by atoms with Gasteiger partial charge in [0, 0.05) is 40.8 Å². The van der Waals surface area contributed by atoms with Gasteiger partial charge in [0.25, 0.3) is 0 Å². The number of aryl methyl sites for hydroxylation is 1. The average molecular weight is 649 g/mol. The summed E-state index contributed by atoms with van der Waals surface area (Å²) in [6.07, 6.45) is 3.10. The molecule has 1 N–H and O–H groups in total. The highest BCUT2D eigenvalue weighted by atomic mass is 79.9. The van der Waals surface area contributed by atoms with Crippen molar-refractivity contribution in [2.75, 3.05) is 22.9 Å². The lowest BCUT2D eigenvalue weighted by molar-refractivity contribution is 0.357. The van der Waals surface area contributed by atoms with E-state index < -0.39 is 0 Å². The molecule has 0 unspecified atom stereocenters. The summed E-state index contributed by atoms with van der Waals surface area (Å²) in [5, 5.41) is 5.03. The van der Waals surface area contributed by atoms with Crippen LogP contribution in [0.25, 0.3) is 5.69 Å². The smallest absolute Gasteiger partial charge is 0.174 e. The highest BCUT2D eigenvalue weighted by Crippen LogP contribution is 2.45. The predicted molar refractivity (Wildman–Crippen MR) is 177 cm³/mol. The third kappa shape index (κ3) is 5.28. The third-order valence-corrected chi connectivity index (χ3v) is 9.69. The second-order valence-electron chi connectivity index (χ2n) is 11.6. The van der Waals surface area contributed by atoms with Crippen molar-refractivity contribution in [2.45, 2.75) is 46.2 Å². The molecule has 4 atom stereocenters. The van der Waals surface area contributed by atoms with E-state index >= 15 is 0 Å². The maximum atomic E-state index is 7.04. The van der Waals surface area contributed by atoms with E-state index in [0.29, 0.717) is 16.9 Å². The standard InChI is InChI=1S/C33H35BrClN5S/c1-20-15-21(2)19-38(18-20)30-13-12-24(17-27(30)35)40-32(31(37-33(40)41)28-10-7-8-14-36-28)25-16-22(3)39(23(25)4)29-11-6-5-9-26(29)34/h5-14,16-17,20-21,31-32H,15,18-19H2,1-4H3,(H,37,41)/t20-,21-,31+,32-/m1/s1. The Balaban J connectivity index is 1.45. The minimum atomic E-state index is -0.126. The van der Waals surface area contributed by atoms with Gasteiger partial charge in [0.1, 0.15) is 0 Å². The molecule has 0 amide bonds. The number of nitrogens with zero attached hydrogens (tertiary/aromatic N) is 4. The summed E-state index contributed by atoms with van der Waals surface area (Å²) in [4.78, 5) is 9.40. The zero-order valence-corrected chi connectivity index (χ0v) is 27.0. The Morgan fingerprint density at radius 3 is 2.37 bits per heavy atom. The number of nitrogens with one attached hydrogen (secondary N) is 1. The van der Waals surface area contributed by atoms with Gasteiger partial charge in [0.15, 0.2) is 5.11 Å². The van der Waals surface area contributed by atoms with E-state index in [1.54, 1.807) is 0 Å². The maximum absolute atomic E-state index is 7.04. The number of anilines is 2. The summed E-state index contributed by atoms with van der Waals surface area (Å²) in [6.45, 7) is 11.0. The van der Waals surface area contributed by atoms with Crippen LogP contribution in [0.5, 0.6) is 0 Å². The Kier molecular flexibility index (Phi) is 7.88. The van der Waals surface area contributed by atoms with E-state index in [-0.39, 0.29) is 12.1 Å². The molecule has 2 aromatic carbocycles. The van der Waals surface area contributed by atoms with Crippen molar-refractivity contribution in [1.29, 1.82) is 0 Å². The number of benzene rings is 2. The second kappa shape index (κ2) is 11.4. The molecule has 41 heavy (non-hydrogen) atoms. The van der Waals surface area contributed by atoms with Gasteiger partial charge in [-0.05, 0) is 114 Å². The number of para-hydroxylation sites is 1. The summed E-state index contributed by atoms with van der Waals surface area (Å²) in [5.74, 6) is 1.29. The van der Waals surface area contributed by atoms with Gasteiger partial charge >= 0.3 is 0 Å². The van der Waals surface area contributed by atoms with Crippen LogP contribution in [-0.2, 0) is 0 Å². The van der Waals surface area contributed by atoms with Gasteiger partial charge < -0.3 is 19.7 Å². The Morgan fingerprint density at radius 1 is 0.951 bits per heavy atom. The van der Waals surface area contributed by atoms with E-state index in [1.807, 2.05) is 24.4 Å². The minimum absolute atomic E-state index is 0.114. The van der Waals surface area contributed by atoms with Crippen LogP contribution in [0.2, 0.25) is 5.02 Å². The highest BCUT2D eigenvalue weighted by Gasteiger charge is 2.42. The zero-order valence-electron chi connectivity index (χ0n) is 23.8. The van der Waals surface area contributed by atoms with Crippen molar-refractivity contribution in [3.8, 4) is 5.69 Å². The molecule has 4 heterocycles. The van der Waals surface area contributed by atoms with Gasteiger partial charge in [0.05, 0.1) is 34.2 Å². The van der Waals surface area contributed by atoms with Gasteiger partial charge in [-0.1, -0.05) is 43.6 Å². The molecule has 0 radical (unpaired) electrons. The first-order chi connectivity index (χ1) is 19.7. The van der Waals surface area contributed by atoms with E-state index in [1.165, 1.54) is 12.0 Å². The van der Waals surface area contributed by atoms with Crippen LogP contribution in [-0.4, -0.2) is 27.8 Å². The highest BCUT2D eigenvalue weighted by molar-refractivity contribution is 9.10. The SMILES string of the molecule is Cc1cc([C@@H]2[C@H](c3ccccn3)NC(=S)N2c2ccc(N3C[C@H](C)C[C@@H](C)C3)c(Cl)c2)c(C)n1-c1ccccc1Br. The molecule has 0 bridgehead atoms. The van der Waals surface area contributed by atoms with Gasteiger partial charge in [-0.2, -0.15) is 0 Å². The molecule has 6 rings (SSSR count). The fourth-order valence-corrected chi connectivity index (χ4v) is 7.90. The minimum Gasteiger partial charge on any atom is -0.370 e. The topological polar surface area (TPSA) is 36.3 Å². The molecule has 0 aliphatic carbocycles. The molecular formula is C33H35BrClN5S. The quantitative estimate of drug-likeness (QED) is 0.220. The maximum Gasteiger partial charge on any atom is 0.174 e. The fraction of sp³-hybridized carbons (Fsp3) is 0.333. The van der Waals surface area contributed by atoms with Gasteiger partial charge in [-0.15, -0.1) is 0 Å². The average Bonchev–Trinajstić information content (AvgIpc) is 3.43. The van der Waals surface area contributed by atoms with Crippen LogP contribution in [0.3, 0.4) is 0 Å². The zero-order chi connectivity index (χ0) is 28.8. The van der Waals surface area contributed by atoms with Crippen LogP contribution in [0.15, 0.2) is 77.4 Å². The van der Waals surface area contributed by atoms with Crippen molar-refractivity contribution in [3.05, 3.63) is 105 Å². The van der Waals surface area contributed by atoms with Crippen LogP contribution >= 0.6 is 39.7 Å². The number of aromatic nitrogens is 2. The van der Waals surface area contributed by atoms with Crippen LogP contribution in [0, 0.1) is 25.7 Å². The summed E-state index contributed by atoms with van der Waals surface area (Å²) >= 11 is 16.8. The van der Waals surface area contributed by atoms with Crippen molar-refractivity contribution >= 4 is 56.2 Å². The molecule has 0 spiro atoms. The van der Waals surface area contributed by atoms with Crippen LogP contribution in [0.4, 0.5) is 11.4 Å². The summed E-state index contributed by atoms with van der Waals surface area (Å²) in [7, 11) is 0. The van der Waals surface area contributed by atoms with Gasteiger partial charge in [-0.25, -0.2) is 0 Å². The number of halogens is 2. The summed E-state index contributed by atoms with van der Waals surface area (Å²) in [6, 6.07) is 22.8. The first-order valence-corrected chi connectivity index (χ1v) is 15.8. The number of piperidine rings is 1. The number of rotatable bonds is 5. The third-order valence-electron chi connectivity index (χ3n) is 8.40. The Bertz CT molecular complexity index is 1580. The molecule has 2 fully saturated rings. The monoisotopic (exact) mass is 647 g/mol.